The lowest BCUT2D eigenvalue weighted by Crippen LogP contribution is -2.33. The number of aryl methyl sites for hydroxylation is 1. The average Bonchev–Trinajstić information content (AvgIpc) is 2.66. The van der Waals surface area contributed by atoms with Gasteiger partial charge in [-0.3, -0.25) is 4.79 Å². The fourth-order valence-electron chi connectivity index (χ4n) is 2.88. The third kappa shape index (κ3) is 7.09. The van der Waals surface area contributed by atoms with E-state index in [1.807, 2.05) is 58.9 Å². The van der Waals surface area contributed by atoms with Crippen molar-refractivity contribution in [3.05, 3.63) is 53.5 Å². The molecule has 166 valence electrons. The predicted molar refractivity (Wildman–Crippen MR) is 122 cm³/mol. The van der Waals surface area contributed by atoms with Crippen molar-refractivity contribution in [2.24, 2.45) is 5.73 Å². The van der Waals surface area contributed by atoms with Crippen LogP contribution in [0.1, 0.15) is 62.1 Å². The van der Waals surface area contributed by atoms with Gasteiger partial charge in [0.2, 0.25) is 0 Å². The van der Waals surface area contributed by atoms with E-state index in [1.54, 1.807) is 0 Å². The monoisotopic (exact) mass is 425 g/mol. The summed E-state index contributed by atoms with van der Waals surface area (Å²) in [7, 11) is 0. The SMILES string of the molecule is C=C(C)c1nc(Nc2cccc(CCNC(=O)OC(C)(C)C)c2)c(C(N)=O)nc1CC. The van der Waals surface area contributed by atoms with E-state index in [9.17, 15) is 9.59 Å². The number of carbonyl (C=O) groups excluding carboxylic acids is 2. The van der Waals surface area contributed by atoms with Crippen LogP contribution in [-0.4, -0.2) is 34.1 Å². The minimum Gasteiger partial charge on any atom is -0.444 e. The van der Waals surface area contributed by atoms with Gasteiger partial charge < -0.3 is 21.1 Å². The molecule has 0 saturated heterocycles. The minimum atomic E-state index is -0.657. The standard InChI is InChI=1S/C23H31N5O3/c1-7-17-18(14(2)3)28-21(19(27-17)20(24)29)26-16-10-8-9-15(13-16)11-12-25-22(30)31-23(4,5)6/h8-10,13H,2,7,11-12H2,1,3-6H3,(H2,24,29)(H,25,30)(H,26,28). The number of nitrogens with zero attached hydrogens (tertiary/aromatic N) is 2. The van der Waals surface area contributed by atoms with Crippen LogP contribution in [0.3, 0.4) is 0 Å². The number of rotatable bonds is 8. The van der Waals surface area contributed by atoms with Gasteiger partial charge in [0.15, 0.2) is 11.5 Å². The number of alkyl carbamates (subject to hydrolysis) is 1. The van der Waals surface area contributed by atoms with Crippen LogP contribution < -0.4 is 16.4 Å². The molecule has 2 rings (SSSR count). The van der Waals surface area contributed by atoms with Crippen LogP contribution in [0, 0.1) is 0 Å². The fraction of sp³-hybridized carbons (Fsp3) is 0.391. The van der Waals surface area contributed by atoms with Gasteiger partial charge >= 0.3 is 6.09 Å². The molecule has 4 N–H and O–H groups in total. The number of benzene rings is 1. The number of allylic oxidation sites excluding steroid dienone is 1. The Kier molecular flexibility index (Phi) is 7.74. The van der Waals surface area contributed by atoms with Gasteiger partial charge in [-0.2, -0.15) is 0 Å². The maximum Gasteiger partial charge on any atom is 0.407 e. The average molecular weight is 426 g/mol. The summed E-state index contributed by atoms with van der Waals surface area (Å²) >= 11 is 0. The Morgan fingerprint density at radius 3 is 2.48 bits per heavy atom. The molecule has 0 fully saturated rings. The number of aromatic nitrogens is 2. The van der Waals surface area contributed by atoms with E-state index in [2.05, 4.69) is 27.2 Å². The van der Waals surface area contributed by atoms with E-state index in [0.717, 1.165) is 16.8 Å². The maximum absolute atomic E-state index is 11.9. The first-order valence-corrected chi connectivity index (χ1v) is 10.2. The van der Waals surface area contributed by atoms with Crippen LogP contribution in [0.2, 0.25) is 0 Å². The van der Waals surface area contributed by atoms with Crippen LogP contribution in [0.25, 0.3) is 5.57 Å². The molecule has 1 heterocycles. The third-order valence-electron chi connectivity index (χ3n) is 4.21. The molecule has 0 unspecified atom stereocenters. The van der Waals surface area contributed by atoms with Gasteiger partial charge in [0.05, 0.1) is 11.4 Å². The van der Waals surface area contributed by atoms with Crippen molar-refractivity contribution in [2.45, 2.75) is 53.1 Å². The molecule has 1 aromatic heterocycles. The summed E-state index contributed by atoms with van der Waals surface area (Å²) in [6, 6.07) is 7.59. The zero-order chi connectivity index (χ0) is 23.2. The van der Waals surface area contributed by atoms with Gasteiger partial charge in [-0.05, 0) is 63.8 Å². The van der Waals surface area contributed by atoms with Gasteiger partial charge in [0.1, 0.15) is 5.60 Å². The highest BCUT2D eigenvalue weighted by Crippen LogP contribution is 2.23. The Bertz CT molecular complexity index is 980. The highest BCUT2D eigenvalue weighted by molar-refractivity contribution is 5.96. The zero-order valence-corrected chi connectivity index (χ0v) is 18.8. The van der Waals surface area contributed by atoms with Crippen LogP contribution >= 0.6 is 0 Å². The molecule has 0 radical (unpaired) electrons. The number of nitrogens with one attached hydrogen (secondary N) is 2. The molecule has 8 heteroatoms. The van der Waals surface area contributed by atoms with Gasteiger partial charge in [-0.25, -0.2) is 14.8 Å². The zero-order valence-electron chi connectivity index (χ0n) is 18.8. The normalized spacial score (nSPS) is 11.0. The van der Waals surface area contributed by atoms with E-state index in [1.165, 1.54) is 0 Å². The number of amides is 2. The molecule has 0 aliphatic heterocycles. The van der Waals surface area contributed by atoms with Crippen molar-refractivity contribution in [3.8, 4) is 0 Å². The lowest BCUT2D eigenvalue weighted by atomic mass is 10.1. The number of hydrogen-bond donors (Lipinski definition) is 3. The van der Waals surface area contributed by atoms with Gasteiger partial charge in [0.25, 0.3) is 5.91 Å². The quantitative estimate of drug-likeness (QED) is 0.588. The summed E-state index contributed by atoms with van der Waals surface area (Å²) in [6.45, 7) is 13.6. The molecule has 31 heavy (non-hydrogen) atoms. The topological polar surface area (TPSA) is 119 Å². The summed E-state index contributed by atoms with van der Waals surface area (Å²) < 4.78 is 5.23. The highest BCUT2D eigenvalue weighted by Gasteiger charge is 2.18. The Balaban J connectivity index is 2.17. The molecular weight excluding hydrogens is 394 g/mol. The maximum atomic E-state index is 11.9. The second-order valence-corrected chi connectivity index (χ2v) is 8.22. The number of carbonyl (C=O) groups is 2. The second-order valence-electron chi connectivity index (χ2n) is 8.22. The Morgan fingerprint density at radius 2 is 1.90 bits per heavy atom. The number of hydrogen-bond acceptors (Lipinski definition) is 6. The molecule has 2 amide bonds. The number of nitrogens with two attached hydrogens (primary N) is 1. The lowest BCUT2D eigenvalue weighted by molar-refractivity contribution is 0.0528. The van der Waals surface area contributed by atoms with Crippen LogP contribution in [0.15, 0.2) is 30.8 Å². The molecule has 0 aliphatic rings. The van der Waals surface area contributed by atoms with Crippen molar-refractivity contribution in [2.75, 3.05) is 11.9 Å². The van der Waals surface area contributed by atoms with Crippen molar-refractivity contribution in [1.82, 2.24) is 15.3 Å². The van der Waals surface area contributed by atoms with Crippen molar-refractivity contribution < 1.29 is 14.3 Å². The molecule has 1 aromatic carbocycles. The largest absolute Gasteiger partial charge is 0.444 e. The molecule has 8 nitrogen and oxygen atoms in total. The van der Waals surface area contributed by atoms with E-state index in [0.29, 0.717) is 30.8 Å². The Labute approximate surface area is 183 Å². The minimum absolute atomic E-state index is 0.0823. The Hall–Kier alpha value is -3.42. The fourth-order valence-corrected chi connectivity index (χ4v) is 2.88. The molecule has 0 aliphatic carbocycles. The smallest absolute Gasteiger partial charge is 0.407 e. The summed E-state index contributed by atoms with van der Waals surface area (Å²) in [5.74, 6) is -0.373. The summed E-state index contributed by atoms with van der Waals surface area (Å²) in [5, 5.41) is 5.88. The highest BCUT2D eigenvalue weighted by atomic mass is 16.6. The first-order chi connectivity index (χ1) is 14.5. The molecule has 0 saturated carbocycles. The number of ether oxygens (including phenoxy) is 1. The van der Waals surface area contributed by atoms with E-state index >= 15 is 0 Å². The first kappa shape index (κ1) is 23.9. The summed E-state index contributed by atoms with van der Waals surface area (Å²) in [4.78, 5) is 32.7. The van der Waals surface area contributed by atoms with Crippen LogP contribution in [-0.2, 0) is 17.6 Å². The van der Waals surface area contributed by atoms with Gasteiger partial charge in [0, 0.05) is 12.2 Å². The second kappa shape index (κ2) is 10.1. The molecule has 2 aromatic rings. The van der Waals surface area contributed by atoms with Gasteiger partial charge in [-0.15, -0.1) is 0 Å². The van der Waals surface area contributed by atoms with Crippen molar-refractivity contribution in [1.29, 1.82) is 0 Å². The van der Waals surface area contributed by atoms with Gasteiger partial charge in [-0.1, -0.05) is 25.6 Å². The summed E-state index contributed by atoms with van der Waals surface area (Å²) in [6.07, 6.45) is 0.761. The van der Waals surface area contributed by atoms with E-state index in [-0.39, 0.29) is 11.5 Å². The lowest BCUT2D eigenvalue weighted by Gasteiger charge is -2.19. The molecular formula is C23H31N5O3. The molecule has 0 bridgehead atoms. The predicted octanol–water partition coefficient (Wildman–Crippen LogP) is 3.98. The van der Waals surface area contributed by atoms with E-state index < -0.39 is 17.6 Å². The van der Waals surface area contributed by atoms with Crippen LogP contribution in [0.4, 0.5) is 16.3 Å². The van der Waals surface area contributed by atoms with Crippen molar-refractivity contribution >= 4 is 29.1 Å². The Morgan fingerprint density at radius 1 is 1.19 bits per heavy atom. The van der Waals surface area contributed by atoms with E-state index in [4.69, 9.17) is 10.5 Å². The number of anilines is 2. The summed E-state index contributed by atoms with van der Waals surface area (Å²) in [5.41, 5.74) is 8.86. The van der Waals surface area contributed by atoms with Crippen LogP contribution in [0.5, 0.6) is 0 Å². The number of primary amides is 1. The first-order valence-electron chi connectivity index (χ1n) is 10.2. The molecule has 0 atom stereocenters. The van der Waals surface area contributed by atoms with Crippen molar-refractivity contribution in [3.63, 3.8) is 0 Å². The molecule has 0 spiro atoms. The third-order valence-corrected chi connectivity index (χ3v) is 4.21.